The van der Waals surface area contributed by atoms with Crippen LogP contribution in [0.2, 0.25) is 0 Å². The van der Waals surface area contributed by atoms with Crippen molar-refractivity contribution in [2.24, 2.45) is 0 Å². The van der Waals surface area contributed by atoms with Crippen LogP contribution in [0.3, 0.4) is 0 Å². The van der Waals surface area contributed by atoms with Crippen molar-refractivity contribution in [3.8, 4) is 17.2 Å². The van der Waals surface area contributed by atoms with Gasteiger partial charge in [-0.05, 0) is 122 Å². The second-order valence-corrected chi connectivity index (χ2v) is 18.2. The Balaban J connectivity index is 1.06. The predicted molar refractivity (Wildman–Crippen MR) is 239 cm³/mol. The molecule has 1 aliphatic heterocycles. The molecule has 6 aromatic carbocycles. The average molecular weight is 816 g/mol. The van der Waals surface area contributed by atoms with Gasteiger partial charge in [-0.3, -0.25) is 14.5 Å². The summed E-state index contributed by atoms with van der Waals surface area (Å²) in [7, 11) is 0. The number of amides is 1. The molecule has 8 nitrogen and oxygen atoms in total. The van der Waals surface area contributed by atoms with E-state index in [0.29, 0.717) is 4.91 Å². The van der Waals surface area contributed by atoms with E-state index in [1.807, 2.05) is 24.3 Å². The summed E-state index contributed by atoms with van der Waals surface area (Å²) >= 11 is 4.47. The van der Waals surface area contributed by atoms with Crippen molar-refractivity contribution in [3.63, 3.8) is 0 Å². The van der Waals surface area contributed by atoms with E-state index >= 15 is 0 Å². The highest BCUT2D eigenvalue weighted by molar-refractivity contribution is 8.06. The van der Waals surface area contributed by atoms with E-state index in [4.69, 9.17) is 0 Å². The van der Waals surface area contributed by atoms with Crippen LogP contribution in [0, 0.1) is 11.3 Å². The van der Waals surface area contributed by atoms with E-state index in [0.717, 1.165) is 44.4 Å². The first-order chi connectivity index (χ1) is 27.9. The lowest BCUT2D eigenvalue weighted by Crippen LogP contribution is -2.28. The summed E-state index contributed by atoms with van der Waals surface area (Å²) in [5.74, 6) is -2.89. The zero-order valence-corrected chi connectivity index (χ0v) is 33.9. The summed E-state index contributed by atoms with van der Waals surface area (Å²) in [6.45, 7) is 5.53. The molecule has 11 heteroatoms. The maximum absolute atomic E-state index is 11.8. The fourth-order valence-electron chi connectivity index (χ4n) is 7.97. The number of para-hydroxylation sites is 1. The van der Waals surface area contributed by atoms with Crippen molar-refractivity contribution in [1.29, 1.82) is 5.26 Å². The molecule has 0 fully saturated rings. The van der Waals surface area contributed by atoms with Crippen LogP contribution >= 0.6 is 34.4 Å². The summed E-state index contributed by atoms with van der Waals surface area (Å²) in [5, 5.41) is 38.7. The Morgan fingerprint density at radius 2 is 1.41 bits per heavy atom. The van der Waals surface area contributed by atoms with Gasteiger partial charge in [-0.15, -0.1) is 22.7 Å². The van der Waals surface area contributed by atoms with E-state index in [1.165, 1.54) is 62.6 Å². The Morgan fingerprint density at radius 1 is 0.793 bits per heavy atom. The zero-order chi connectivity index (χ0) is 40.5. The molecule has 0 saturated heterocycles. The maximum Gasteiger partial charge on any atom is 0.349 e. The van der Waals surface area contributed by atoms with Gasteiger partial charge in [0.1, 0.15) is 17.6 Å². The van der Waals surface area contributed by atoms with Gasteiger partial charge in [-0.2, -0.15) is 5.26 Å². The van der Waals surface area contributed by atoms with Gasteiger partial charge in [0.2, 0.25) is 6.41 Å². The molecule has 0 radical (unpaired) electrons. The van der Waals surface area contributed by atoms with Crippen molar-refractivity contribution in [2.45, 2.75) is 26.2 Å². The van der Waals surface area contributed by atoms with E-state index in [2.05, 4.69) is 104 Å². The predicted octanol–water partition coefficient (Wildman–Crippen LogP) is 12.1. The molecule has 284 valence electrons. The van der Waals surface area contributed by atoms with Crippen molar-refractivity contribution in [1.82, 2.24) is 4.90 Å². The number of aliphatic carboxylic acids is 2. The largest absolute Gasteiger partial charge is 0.480 e. The number of fused-ring (bicyclic) bond motifs is 9. The molecule has 0 bridgehead atoms. The number of anilines is 2. The maximum atomic E-state index is 11.8. The third-order valence-electron chi connectivity index (χ3n) is 10.8. The van der Waals surface area contributed by atoms with Gasteiger partial charge in [0.05, 0.1) is 9.40 Å². The molecular weight excluding hydrogens is 783 g/mol. The first kappa shape index (κ1) is 37.1. The highest BCUT2D eigenvalue weighted by Crippen LogP contribution is 2.48. The topological polar surface area (TPSA) is 131 Å². The quantitative estimate of drug-likeness (QED) is 0.0746. The molecule has 2 aromatic heterocycles. The van der Waals surface area contributed by atoms with Crippen LogP contribution in [-0.2, 0) is 19.8 Å². The monoisotopic (exact) mass is 815 g/mol. The summed E-state index contributed by atoms with van der Waals surface area (Å²) in [6.07, 6.45) is 2.03. The number of carbonyl (C=O) groups excluding carboxylic acids is 1. The standard InChI is InChI=1S/C47H33N3O5S3/c1-25(56-45(35(22-48)46(54)55)50(24-51)23-42(52)53)14-26-8-9-29-20-40-33(17-31(29)15-26)43-44(57-40)34-18-32-16-27(10-11-30(32)21-41(34)58-43)28-12-13-39-37(19-28)47(2,3)36-6-4-5-7-38(36)49-39/h4-21,24,49H,23H2,1-3H3,(H,52,53)(H,54,55)/b25-14+,45-35+. The Bertz CT molecular complexity index is 3200. The van der Waals surface area contributed by atoms with Crippen molar-refractivity contribution in [2.75, 3.05) is 11.9 Å². The lowest BCUT2D eigenvalue weighted by molar-refractivity contribution is -0.140. The summed E-state index contributed by atoms with van der Waals surface area (Å²) in [4.78, 5) is 36.2. The van der Waals surface area contributed by atoms with Crippen LogP contribution in [0.25, 0.3) is 68.3 Å². The number of rotatable bonds is 9. The fourth-order valence-corrected chi connectivity index (χ4v) is 11.6. The number of carbonyl (C=O) groups is 3. The van der Waals surface area contributed by atoms with E-state index in [1.54, 1.807) is 35.7 Å². The second-order valence-electron chi connectivity index (χ2n) is 14.9. The number of allylic oxidation sites excluding steroid dienone is 1. The number of nitriles is 1. The highest BCUT2D eigenvalue weighted by atomic mass is 32.2. The van der Waals surface area contributed by atoms with Crippen LogP contribution in [0.4, 0.5) is 11.4 Å². The van der Waals surface area contributed by atoms with Gasteiger partial charge in [0, 0.05) is 37.0 Å². The molecule has 0 unspecified atom stereocenters. The summed E-state index contributed by atoms with van der Waals surface area (Å²) in [5.41, 5.74) is 7.22. The van der Waals surface area contributed by atoms with Gasteiger partial charge in [-0.25, -0.2) is 4.79 Å². The number of thiophene rings is 2. The first-order valence-electron chi connectivity index (χ1n) is 18.4. The Morgan fingerprint density at radius 3 is 2.07 bits per heavy atom. The Labute approximate surface area is 344 Å². The normalized spacial score (nSPS) is 13.9. The molecule has 1 amide bonds. The number of nitrogens with zero attached hydrogens (tertiary/aromatic N) is 2. The number of benzene rings is 6. The number of carboxylic acids is 2. The molecule has 0 spiro atoms. The van der Waals surface area contributed by atoms with Crippen LogP contribution in [0.5, 0.6) is 0 Å². The highest BCUT2D eigenvalue weighted by Gasteiger charge is 2.32. The molecule has 0 atom stereocenters. The fraction of sp³-hybridized carbons (Fsp3) is 0.106. The number of hydrogen-bond donors (Lipinski definition) is 3. The smallest absolute Gasteiger partial charge is 0.349 e. The minimum absolute atomic E-state index is 0.139. The van der Waals surface area contributed by atoms with Crippen molar-refractivity contribution < 1.29 is 24.6 Å². The first-order valence-corrected chi connectivity index (χ1v) is 20.8. The molecule has 0 saturated carbocycles. The minimum Gasteiger partial charge on any atom is -0.480 e. The molecular formula is C47H33N3O5S3. The molecule has 3 heterocycles. The van der Waals surface area contributed by atoms with Gasteiger partial charge in [-0.1, -0.05) is 74.1 Å². The molecule has 58 heavy (non-hydrogen) atoms. The number of carboxylic acid groups (broad SMARTS) is 2. The van der Waals surface area contributed by atoms with Crippen LogP contribution in [0.15, 0.2) is 119 Å². The van der Waals surface area contributed by atoms with Gasteiger partial charge < -0.3 is 15.5 Å². The van der Waals surface area contributed by atoms with E-state index < -0.39 is 24.1 Å². The molecule has 1 aliphatic rings. The van der Waals surface area contributed by atoms with Crippen LogP contribution in [0.1, 0.15) is 37.5 Å². The number of hydrogen-bond acceptors (Lipinski definition) is 8. The molecule has 9 rings (SSSR count). The third kappa shape index (κ3) is 6.36. The Hall–Kier alpha value is -6.45. The number of nitrogens with one attached hydrogen (secondary N) is 1. The lowest BCUT2D eigenvalue weighted by Gasteiger charge is -2.36. The molecule has 8 aromatic rings. The van der Waals surface area contributed by atoms with E-state index in [9.17, 15) is 29.9 Å². The average Bonchev–Trinajstić information content (AvgIpc) is 3.72. The lowest BCUT2D eigenvalue weighted by atomic mass is 9.73. The summed E-state index contributed by atoms with van der Waals surface area (Å²) in [6, 6.07) is 38.7. The number of thioether (sulfide) groups is 1. The summed E-state index contributed by atoms with van der Waals surface area (Å²) < 4.78 is 4.94. The van der Waals surface area contributed by atoms with Crippen molar-refractivity contribution in [3.05, 3.63) is 135 Å². The van der Waals surface area contributed by atoms with E-state index in [-0.39, 0.29) is 16.9 Å². The second kappa shape index (κ2) is 14.2. The Kier molecular flexibility index (Phi) is 9.08. The molecule has 0 aliphatic carbocycles. The molecule has 3 N–H and O–H groups in total. The SMILES string of the molecule is C/C(=C\c1ccc2cc3sc4c5cc6cc(-c7ccc8c(c7)C(C)(C)c7ccccc7N8)ccc6cc5sc4c3cc2c1)S/C(=C(\C#N)C(=O)O)N(C=O)CC(=O)O. The van der Waals surface area contributed by atoms with Crippen LogP contribution < -0.4 is 5.32 Å². The minimum atomic E-state index is -1.55. The van der Waals surface area contributed by atoms with Gasteiger partial charge in [0.15, 0.2) is 5.57 Å². The van der Waals surface area contributed by atoms with Gasteiger partial charge >= 0.3 is 11.9 Å². The zero-order valence-electron chi connectivity index (χ0n) is 31.4. The van der Waals surface area contributed by atoms with Crippen LogP contribution in [-0.4, -0.2) is 40.0 Å². The third-order valence-corrected chi connectivity index (χ3v) is 14.4. The van der Waals surface area contributed by atoms with Crippen molar-refractivity contribution >= 4 is 121 Å². The van der Waals surface area contributed by atoms with Gasteiger partial charge in [0.25, 0.3) is 0 Å².